The second-order valence-electron chi connectivity index (χ2n) is 8.55. The Kier molecular flexibility index (Phi) is 8.00. The number of carbonyl (C=O) groups excluding carboxylic acids is 2. The number of para-hydroxylation sites is 2. The minimum atomic E-state index is -0.520. The molecule has 0 saturated heterocycles. The van der Waals surface area contributed by atoms with Crippen LogP contribution in [0.4, 0.5) is 10.1 Å². The van der Waals surface area contributed by atoms with Gasteiger partial charge in [-0.15, -0.1) is 0 Å². The quantitative estimate of drug-likeness (QED) is 0.312. The molecule has 0 spiro atoms. The lowest BCUT2D eigenvalue weighted by Gasteiger charge is -2.30. The summed E-state index contributed by atoms with van der Waals surface area (Å²) >= 11 is 0. The van der Waals surface area contributed by atoms with E-state index >= 15 is 0 Å². The van der Waals surface area contributed by atoms with Crippen molar-refractivity contribution in [3.63, 3.8) is 0 Å². The van der Waals surface area contributed by atoms with Crippen molar-refractivity contribution >= 4 is 23.6 Å². The molecule has 186 valence electrons. The zero-order valence-electron chi connectivity index (χ0n) is 20.4. The second kappa shape index (κ2) is 11.5. The van der Waals surface area contributed by atoms with Crippen LogP contribution in [-0.2, 0) is 9.59 Å². The number of hydrogen-bond donors (Lipinski definition) is 1. The number of ether oxygens (including phenoxy) is 2. The lowest BCUT2D eigenvalue weighted by Crippen LogP contribution is -2.44. The molecule has 4 rings (SSSR count). The Labute approximate surface area is 210 Å². The van der Waals surface area contributed by atoms with Gasteiger partial charge in [-0.1, -0.05) is 55.8 Å². The summed E-state index contributed by atoms with van der Waals surface area (Å²) in [5.74, 6) is -0.178. The first kappa shape index (κ1) is 25.0. The fourth-order valence-electron chi connectivity index (χ4n) is 3.85. The van der Waals surface area contributed by atoms with Crippen molar-refractivity contribution in [1.29, 1.82) is 0 Å². The first-order chi connectivity index (χ1) is 17.5. The largest absolute Gasteiger partial charge is 0.494 e. The number of halogens is 1. The van der Waals surface area contributed by atoms with Gasteiger partial charge in [-0.3, -0.25) is 14.5 Å². The summed E-state index contributed by atoms with van der Waals surface area (Å²) in [5.41, 5.74) is 1.62. The van der Waals surface area contributed by atoms with Crippen LogP contribution < -0.4 is 19.7 Å². The number of hydrogen-bond acceptors (Lipinski definition) is 4. The first-order valence-electron chi connectivity index (χ1n) is 12.0. The van der Waals surface area contributed by atoms with Crippen molar-refractivity contribution in [2.45, 2.75) is 32.7 Å². The Hall–Kier alpha value is -4.13. The number of unbranched alkanes of at least 4 members (excludes halogenated alkanes) is 1. The summed E-state index contributed by atoms with van der Waals surface area (Å²) in [6.45, 7) is 4.45. The molecule has 1 atom stereocenters. The number of nitrogens with one attached hydrogen (secondary N) is 1. The van der Waals surface area contributed by atoms with Crippen molar-refractivity contribution in [1.82, 2.24) is 5.32 Å². The Bertz CT molecular complexity index is 1260. The fraction of sp³-hybridized carbons (Fsp3) is 0.241. The molecular weight excluding hydrogens is 459 g/mol. The lowest BCUT2D eigenvalue weighted by molar-refractivity contribution is -0.123. The summed E-state index contributed by atoms with van der Waals surface area (Å²) in [5, 5.41) is 2.95. The maximum atomic E-state index is 14.2. The molecular formula is C29H29FN2O4. The topological polar surface area (TPSA) is 67.9 Å². The van der Waals surface area contributed by atoms with Crippen LogP contribution in [0.1, 0.15) is 43.9 Å². The Morgan fingerprint density at radius 2 is 1.81 bits per heavy atom. The van der Waals surface area contributed by atoms with Gasteiger partial charge >= 0.3 is 0 Å². The molecule has 0 aliphatic carbocycles. The molecule has 36 heavy (non-hydrogen) atoms. The van der Waals surface area contributed by atoms with Gasteiger partial charge in [0.2, 0.25) is 5.91 Å². The molecule has 0 saturated carbocycles. The average molecular weight is 489 g/mol. The zero-order chi connectivity index (χ0) is 25.5. The monoisotopic (exact) mass is 488 g/mol. The minimum absolute atomic E-state index is 0.0571. The van der Waals surface area contributed by atoms with Crippen LogP contribution in [0.2, 0.25) is 0 Å². The molecule has 0 aromatic heterocycles. The van der Waals surface area contributed by atoms with Gasteiger partial charge in [0.05, 0.1) is 18.3 Å². The highest BCUT2D eigenvalue weighted by molar-refractivity contribution is 6.12. The zero-order valence-corrected chi connectivity index (χ0v) is 20.4. The van der Waals surface area contributed by atoms with Crippen molar-refractivity contribution in [3.8, 4) is 11.5 Å². The average Bonchev–Trinajstić information content (AvgIpc) is 2.88. The maximum absolute atomic E-state index is 14.2. The minimum Gasteiger partial charge on any atom is -0.494 e. The molecule has 2 amide bonds. The summed E-state index contributed by atoms with van der Waals surface area (Å²) < 4.78 is 25.7. The maximum Gasteiger partial charge on any atom is 0.294 e. The Balaban J connectivity index is 1.47. The summed E-state index contributed by atoms with van der Waals surface area (Å²) in [6, 6.07) is 20.4. The molecule has 7 heteroatoms. The van der Waals surface area contributed by atoms with Crippen molar-refractivity contribution in [2.75, 3.05) is 18.1 Å². The van der Waals surface area contributed by atoms with E-state index in [0.29, 0.717) is 18.0 Å². The third-order valence-electron chi connectivity index (χ3n) is 5.85. The molecule has 3 aromatic rings. The van der Waals surface area contributed by atoms with Crippen LogP contribution in [0, 0.1) is 5.82 Å². The van der Waals surface area contributed by atoms with Gasteiger partial charge in [-0.25, -0.2) is 4.39 Å². The smallest absolute Gasteiger partial charge is 0.294 e. The highest BCUT2D eigenvalue weighted by Crippen LogP contribution is 2.35. The molecule has 6 nitrogen and oxygen atoms in total. The van der Waals surface area contributed by atoms with Crippen LogP contribution in [0.3, 0.4) is 0 Å². The second-order valence-corrected chi connectivity index (χ2v) is 8.55. The van der Waals surface area contributed by atoms with Crippen LogP contribution >= 0.6 is 0 Å². The van der Waals surface area contributed by atoms with Gasteiger partial charge < -0.3 is 14.8 Å². The van der Waals surface area contributed by atoms with Crippen molar-refractivity contribution < 1.29 is 23.5 Å². The summed E-state index contributed by atoms with van der Waals surface area (Å²) in [4.78, 5) is 27.6. The molecule has 1 aliphatic rings. The third kappa shape index (κ3) is 5.92. The number of anilines is 1. The van der Waals surface area contributed by atoms with Gasteiger partial charge in [0.15, 0.2) is 11.5 Å². The van der Waals surface area contributed by atoms with E-state index < -0.39 is 11.7 Å². The SMILES string of the molecule is CCCCOc1ccc([C@H](C)NC(=O)CN2C(=O)/C(=C\c3ccccc3F)Oc3ccccc32)cc1. The number of amides is 2. The summed E-state index contributed by atoms with van der Waals surface area (Å²) in [6.07, 6.45) is 3.41. The number of benzene rings is 3. The van der Waals surface area contributed by atoms with Gasteiger partial charge in [0.25, 0.3) is 5.91 Å². The van der Waals surface area contributed by atoms with Crippen LogP contribution in [0.5, 0.6) is 11.5 Å². The van der Waals surface area contributed by atoms with E-state index in [0.717, 1.165) is 24.2 Å². The number of fused-ring (bicyclic) bond motifs is 1. The van der Waals surface area contributed by atoms with E-state index in [-0.39, 0.29) is 29.8 Å². The molecule has 1 N–H and O–H groups in total. The van der Waals surface area contributed by atoms with E-state index in [2.05, 4.69) is 12.2 Å². The van der Waals surface area contributed by atoms with Crippen molar-refractivity contribution in [3.05, 3.63) is 95.5 Å². The van der Waals surface area contributed by atoms with E-state index in [4.69, 9.17) is 9.47 Å². The summed E-state index contributed by atoms with van der Waals surface area (Å²) in [7, 11) is 0. The van der Waals surface area contributed by atoms with Crippen molar-refractivity contribution in [2.24, 2.45) is 0 Å². The normalized spacial score (nSPS) is 14.7. The molecule has 0 fully saturated rings. The van der Waals surface area contributed by atoms with E-state index in [9.17, 15) is 14.0 Å². The first-order valence-corrected chi connectivity index (χ1v) is 12.0. The molecule has 0 unspecified atom stereocenters. The molecule has 1 aliphatic heterocycles. The van der Waals surface area contributed by atoms with Gasteiger partial charge in [0, 0.05) is 5.56 Å². The molecule has 0 radical (unpaired) electrons. The molecule has 0 bridgehead atoms. The van der Waals surface area contributed by atoms with E-state index in [1.54, 1.807) is 42.5 Å². The van der Waals surface area contributed by atoms with Gasteiger partial charge in [0.1, 0.15) is 18.1 Å². The van der Waals surface area contributed by atoms with Gasteiger partial charge in [-0.2, -0.15) is 0 Å². The highest BCUT2D eigenvalue weighted by atomic mass is 19.1. The third-order valence-corrected chi connectivity index (χ3v) is 5.85. The standard InChI is InChI=1S/C29H29FN2O4/c1-3-4-17-35-23-15-13-21(14-16-23)20(2)31-28(33)19-32-25-11-7-8-12-26(25)36-27(29(32)34)18-22-9-5-6-10-24(22)30/h5-16,18,20H,3-4,17,19H2,1-2H3,(H,31,33)/b27-18+/t20-/m0/s1. The Morgan fingerprint density at radius 3 is 2.56 bits per heavy atom. The molecule has 1 heterocycles. The van der Waals surface area contributed by atoms with Gasteiger partial charge in [-0.05, 0) is 55.3 Å². The molecule has 3 aromatic carbocycles. The number of carbonyl (C=O) groups is 2. The predicted molar refractivity (Wildman–Crippen MR) is 137 cm³/mol. The van der Waals surface area contributed by atoms with Crippen LogP contribution in [0.25, 0.3) is 6.08 Å². The van der Waals surface area contributed by atoms with E-state index in [1.165, 1.54) is 17.0 Å². The van der Waals surface area contributed by atoms with E-state index in [1.807, 2.05) is 31.2 Å². The predicted octanol–water partition coefficient (Wildman–Crippen LogP) is 5.65. The Morgan fingerprint density at radius 1 is 1.08 bits per heavy atom. The highest BCUT2D eigenvalue weighted by Gasteiger charge is 2.32. The number of rotatable bonds is 9. The van der Waals surface area contributed by atoms with Crippen LogP contribution in [-0.4, -0.2) is 25.0 Å². The number of nitrogens with zero attached hydrogens (tertiary/aromatic N) is 1. The van der Waals surface area contributed by atoms with Crippen LogP contribution in [0.15, 0.2) is 78.6 Å². The fourth-order valence-corrected chi connectivity index (χ4v) is 3.85. The lowest BCUT2D eigenvalue weighted by atomic mass is 10.1.